The number of nitrogens with zero attached hydrogens (tertiary/aromatic N) is 4. The molecule has 3 aromatic rings. The lowest BCUT2D eigenvalue weighted by molar-refractivity contribution is 0.316. The van der Waals surface area contributed by atoms with Crippen molar-refractivity contribution in [2.45, 2.75) is 32.3 Å². The molecule has 5 nitrogen and oxygen atoms in total. The van der Waals surface area contributed by atoms with Crippen molar-refractivity contribution in [3.8, 4) is 5.75 Å². The smallest absolute Gasteiger partial charge is 0.253 e. The Morgan fingerprint density at radius 2 is 1.96 bits per heavy atom. The van der Waals surface area contributed by atoms with E-state index < -0.39 is 0 Å². The van der Waals surface area contributed by atoms with Gasteiger partial charge < -0.3 is 4.74 Å². The van der Waals surface area contributed by atoms with Gasteiger partial charge in [0.05, 0.1) is 6.61 Å². The molecule has 0 saturated heterocycles. The summed E-state index contributed by atoms with van der Waals surface area (Å²) in [6, 6.07) is 10.1. The zero-order chi connectivity index (χ0) is 16.2. The maximum absolute atomic E-state index is 5.80. The lowest BCUT2D eigenvalue weighted by Crippen LogP contribution is -2.00. The van der Waals surface area contributed by atoms with E-state index in [2.05, 4.69) is 28.1 Å². The molecule has 2 heterocycles. The number of benzene rings is 1. The van der Waals surface area contributed by atoms with Crippen molar-refractivity contribution in [1.82, 2.24) is 19.6 Å². The number of fused-ring (bicyclic) bond motifs is 1. The fourth-order valence-corrected chi connectivity index (χ4v) is 3.06. The molecule has 3 rings (SSSR count). The van der Waals surface area contributed by atoms with Gasteiger partial charge >= 0.3 is 0 Å². The number of thioether (sulfide) groups is 1. The van der Waals surface area contributed by atoms with Gasteiger partial charge in [-0.3, -0.25) is 0 Å². The topological polar surface area (TPSA) is 52.3 Å². The fraction of sp³-hybridized carbons (Fsp3) is 0.353. The third kappa shape index (κ3) is 3.82. The van der Waals surface area contributed by atoms with Gasteiger partial charge in [0.15, 0.2) is 0 Å². The van der Waals surface area contributed by atoms with Crippen LogP contribution >= 0.6 is 11.8 Å². The molecule has 0 atom stereocenters. The number of rotatable bonds is 6. The van der Waals surface area contributed by atoms with Gasteiger partial charge in [0.25, 0.3) is 5.78 Å². The normalized spacial score (nSPS) is 11.1. The number of aryl methyl sites for hydroxylation is 3. The van der Waals surface area contributed by atoms with Crippen LogP contribution < -0.4 is 4.74 Å². The molecular weight excluding hydrogens is 308 g/mol. The molecule has 0 aliphatic rings. The Morgan fingerprint density at radius 1 is 1.13 bits per heavy atom. The van der Waals surface area contributed by atoms with E-state index in [1.54, 1.807) is 16.3 Å². The van der Waals surface area contributed by atoms with E-state index in [9.17, 15) is 0 Å². The van der Waals surface area contributed by atoms with Crippen LogP contribution in [0.1, 0.15) is 23.4 Å². The van der Waals surface area contributed by atoms with E-state index in [1.165, 1.54) is 5.56 Å². The minimum atomic E-state index is 0.668. The Bertz CT molecular complexity index is 815. The summed E-state index contributed by atoms with van der Waals surface area (Å²) in [6.45, 7) is 6.74. The summed E-state index contributed by atoms with van der Waals surface area (Å²) < 4.78 is 7.59. The summed E-state index contributed by atoms with van der Waals surface area (Å²) >= 11 is 1.64. The molecule has 0 unspecified atom stereocenters. The van der Waals surface area contributed by atoms with Crippen LogP contribution in [0.25, 0.3) is 5.78 Å². The molecule has 0 N–H and O–H groups in total. The molecule has 23 heavy (non-hydrogen) atoms. The van der Waals surface area contributed by atoms with Gasteiger partial charge in [-0.25, -0.2) is 9.50 Å². The van der Waals surface area contributed by atoms with E-state index in [1.807, 2.05) is 38.1 Å². The van der Waals surface area contributed by atoms with Crippen molar-refractivity contribution in [1.29, 1.82) is 0 Å². The minimum Gasteiger partial charge on any atom is -0.493 e. The number of ether oxygens (including phenoxy) is 1. The van der Waals surface area contributed by atoms with Gasteiger partial charge in [-0.2, -0.15) is 4.98 Å². The van der Waals surface area contributed by atoms with Crippen molar-refractivity contribution in [2.24, 2.45) is 0 Å². The Morgan fingerprint density at radius 3 is 2.78 bits per heavy atom. The van der Waals surface area contributed by atoms with Crippen molar-refractivity contribution in [2.75, 3.05) is 12.4 Å². The summed E-state index contributed by atoms with van der Waals surface area (Å²) in [5.74, 6) is 2.54. The summed E-state index contributed by atoms with van der Waals surface area (Å²) in [5.41, 5.74) is 3.18. The van der Waals surface area contributed by atoms with Crippen molar-refractivity contribution in [3.63, 3.8) is 0 Å². The summed E-state index contributed by atoms with van der Waals surface area (Å²) in [6.07, 6.45) is 0.944. The highest BCUT2D eigenvalue weighted by Crippen LogP contribution is 2.18. The van der Waals surface area contributed by atoms with E-state index in [0.29, 0.717) is 12.4 Å². The first-order valence-electron chi connectivity index (χ1n) is 7.66. The quantitative estimate of drug-likeness (QED) is 0.511. The van der Waals surface area contributed by atoms with Gasteiger partial charge in [-0.1, -0.05) is 30.0 Å². The first kappa shape index (κ1) is 15.8. The molecule has 0 aliphatic heterocycles. The number of hydrogen-bond acceptors (Lipinski definition) is 5. The third-order valence-corrected chi connectivity index (χ3v) is 4.39. The van der Waals surface area contributed by atoms with Gasteiger partial charge in [0.1, 0.15) is 5.75 Å². The van der Waals surface area contributed by atoms with Gasteiger partial charge in [0.2, 0.25) is 5.16 Å². The zero-order valence-corrected chi connectivity index (χ0v) is 14.4. The Kier molecular flexibility index (Phi) is 4.81. The standard InChI is InChI=1S/C17H20N4OS/c1-12-7-4-5-8-15(12)22-9-6-10-23-17-19-16-18-13(2)11-14(3)21(16)20-17/h4-5,7-8,11H,6,9-10H2,1-3H3. The van der Waals surface area contributed by atoms with Gasteiger partial charge in [0, 0.05) is 17.1 Å². The molecule has 2 aromatic heterocycles. The molecule has 0 fully saturated rings. The average molecular weight is 328 g/mol. The van der Waals surface area contributed by atoms with E-state index in [4.69, 9.17) is 4.74 Å². The molecular formula is C17H20N4OS. The molecule has 6 heteroatoms. The lowest BCUT2D eigenvalue weighted by Gasteiger charge is -2.07. The zero-order valence-electron chi connectivity index (χ0n) is 13.6. The SMILES string of the molecule is Cc1cc(C)n2nc(SCCCOc3ccccc3C)nc2n1. The van der Waals surface area contributed by atoms with Crippen LogP contribution in [0.5, 0.6) is 5.75 Å². The van der Waals surface area contributed by atoms with Crippen molar-refractivity contribution >= 4 is 17.5 Å². The van der Waals surface area contributed by atoms with Crippen molar-refractivity contribution in [3.05, 3.63) is 47.3 Å². The van der Waals surface area contributed by atoms with Crippen LogP contribution in [0.2, 0.25) is 0 Å². The third-order valence-electron chi connectivity index (χ3n) is 3.47. The van der Waals surface area contributed by atoms with E-state index in [-0.39, 0.29) is 0 Å². The maximum Gasteiger partial charge on any atom is 0.253 e. The second kappa shape index (κ2) is 7.00. The highest BCUT2D eigenvalue weighted by atomic mass is 32.2. The van der Waals surface area contributed by atoms with Gasteiger partial charge in [-0.05, 0) is 44.9 Å². The van der Waals surface area contributed by atoms with Crippen molar-refractivity contribution < 1.29 is 4.74 Å². The predicted octanol–water partition coefficient (Wildman–Crippen LogP) is 3.61. The predicted molar refractivity (Wildman–Crippen MR) is 92.3 cm³/mol. The molecule has 0 aliphatic carbocycles. The minimum absolute atomic E-state index is 0.668. The van der Waals surface area contributed by atoms with Crippen LogP contribution in [-0.2, 0) is 0 Å². The molecule has 0 amide bonds. The second-order valence-corrected chi connectivity index (χ2v) is 6.52. The van der Waals surface area contributed by atoms with E-state index >= 15 is 0 Å². The van der Waals surface area contributed by atoms with Crippen LogP contribution in [0.4, 0.5) is 0 Å². The highest BCUT2D eigenvalue weighted by Gasteiger charge is 2.08. The van der Waals surface area contributed by atoms with Crippen LogP contribution in [-0.4, -0.2) is 31.9 Å². The molecule has 0 bridgehead atoms. The van der Waals surface area contributed by atoms with Gasteiger partial charge in [-0.15, -0.1) is 5.10 Å². The first-order chi connectivity index (χ1) is 11.1. The molecule has 120 valence electrons. The molecule has 0 spiro atoms. The van der Waals surface area contributed by atoms with Crippen LogP contribution in [0.15, 0.2) is 35.5 Å². The summed E-state index contributed by atoms with van der Waals surface area (Å²) in [7, 11) is 0. The number of aromatic nitrogens is 4. The molecule has 1 aromatic carbocycles. The summed E-state index contributed by atoms with van der Waals surface area (Å²) in [5, 5.41) is 5.25. The first-order valence-corrected chi connectivity index (χ1v) is 8.64. The summed E-state index contributed by atoms with van der Waals surface area (Å²) in [4.78, 5) is 8.87. The molecule has 0 saturated carbocycles. The Balaban J connectivity index is 1.51. The average Bonchev–Trinajstić information content (AvgIpc) is 2.92. The van der Waals surface area contributed by atoms with E-state index in [0.717, 1.165) is 34.5 Å². The number of para-hydroxylation sites is 1. The second-order valence-electron chi connectivity index (χ2n) is 5.46. The Hall–Kier alpha value is -2.08. The molecule has 0 radical (unpaired) electrons. The largest absolute Gasteiger partial charge is 0.493 e. The van der Waals surface area contributed by atoms with Crippen LogP contribution in [0, 0.1) is 20.8 Å². The maximum atomic E-state index is 5.80. The Labute approximate surface area is 140 Å². The monoisotopic (exact) mass is 328 g/mol. The fourth-order valence-electron chi connectivity index (χ4n) is 2.33. The van der Waals surface area contributed by atoms with Crippen LogP contribution in [0.3, 0.4) is 0 Å². The highest BCUT2D eigenvalue weighted by molar-refractivity contribution is 7.99. The number of hydrogen-bond donors (Lipinski definition) is 0. The lowest BCUT2D eigenvalue weighted by atomic mass is 10.2.